The minimum absolute atomic E-state index is 0.00839. The van der Waals surface area contributed by atoms with E-state index >= 15 is 0 Å². The second-order valence-corrected chi connectivity index (χ2v) is 9.55. The fourth-order valence-corrected chi connectivity index (χ4v) is 5.47. The third-order valence-corrected chi connectivity index (χ3v) is 7.46. The van der Waals surface area contributed by atoms with Crippen LogP contribution in [-0.4, -0.2) is 39.1 Å². The Balaban J connectivity index is 1.70. The normalized spacial score (nSPS) is 24.9. The van der Waals surface area contributed by atoms with Crippen LogP contribution in [0.2, 0.25) is 0 Å². The number of hydrogen-bond acceptors (Lipinski definition) is 4. The first-order chi connectivity index (χ1) is 10.4. The van der Waals surface area contributed by atoms with Crippen LogP contribution in [0.25, 0.3) is 0 Å². The van der Waals surface area contributed by atoms with Crippen LogP contribution in [0.15, 0.2) is 29.2 Å². The second kappa shape index (κ2) is 5.57. The van der Waals surface area contributed by atoms with E-state index < -0.39 is 9.84 Å². The summed E-state index contributed by atoms with van der Waals surface area (Å²) in [4.78, 5) is 15.6. The number of benzene rings is 1. The van der Waals surface area contributed by atoms with Gasteiger partial charge in [-0.2, -0.15) is 0 Å². The predicted molar refractivity (Wildman–Crippen MR) is 90.1 cm³/mol. The van der Waals surface area contributed by atoms with Crippen LogP contribution in [0.3, 0.4) is 0 Å². The summed E-state index contributed by atoms with van der Waals surface area (Å²) in [5.41, 5.74) is 0.857. The van der Waals surface area contributed by atoms with Crippen molar-refractivity contribution in [2.75, 3.05) is 29.7 Å². The number of carbonyl (C=O) groups excluding carboxylic acids is 1. The Morgan fingerprint density at radius 2 is 2.00 bits per heavy atom. The third-order valence-electron chi connectivity index (χ3n) is 5.08. The molecular formula is C16H21NO3S2. The van der Waals surface area contributed by atoms with Crippen LogP contribution in [0.1, 0.15) is 19.3 Å². The Hall–Kier alpha value is -1.01. The van der Waals surface area contributed by atoms with Crippen LogP contribution in [0, 0.1) is 11.3 Å². The SMILES string of the molecule is CSc1cccc(N(C)C(=O)[C@@H]2CC23CCS(=O)(=O)CC3)c1. The lowest BCUT2D eigenvalue weighted by Crippen LogP contribution is -2.33. The highest BCUT2D eigenvalue weighted by Gasteiger charge is 2.60. The predicted octanol–water partition coefficient (Wildman–Crippen LogP) is 2.59. The van der Waals surface area contributed by atoms with E-state index in [4.69, 9.17) is 0 Å². The Kier molecular flexibility index (Phi) is 4.01. The van der Waals surface area contributed by atoms with Crippen LogP contribution < -0.4 is 4.90 Å². The molecule has 0 bridgehead atoms. The summed E-state index contributed by atoms with van der Waals surface area (Å²) in [5.74, 6) is 0.591. The number of amides is 1. The van der Waals surface area contributed by atoms with Gasteiger partial charge in [0.05, 0.1) is 11.5 Å². The average molecular weight is 339 g/mol. The Bertz CT molecular complexity index is 685. The largest absolute Gasteiger partial charge is 0.315 e. The summed E-state index contributed by atoms with van der Waals surface area (Å²) < 4.78 is 23.1. The van der Waals surface area contributed by atoms with E-state index in [2.05, 4.69) is 0 Å². The van der Waals surface area contributed by atoms with E-state index in [9.17, 15) is 13.2 Å². The summed E-state index contributed by atoms with van der Waals surface area (Å²) in [5, 5.41) is 0. The number of rotatable bonds is 3. The molecule has 1 saturated heterocycles. The first-order valence-corrected chi connectivity index (χ1v) is 10.5. The molecule has 4 nitrogen and oxygen atoms in total. The lowest BCUT2D eigenvalue weighted by Gasteiger charge is -2.24. The minimum atomic E-state index is -2.87. The van der Waals surface area contributed by atoms with Crippen molar-refractivity contribution in [2.24, 2.45) is 11.3 Å². The molecule has 1 saturated carbocycles. The molecule has 2 fully saturated rings. The van der Waals surface area contributed by atoms with E-state index in [1.165, 1.54) is 0 Å². The molecule has 1 amide bonds. The number of thioether (sulfide) groups is 1. The van der Waals surface area contributed by atoms with Gasteiger partial charge in [0.2, 0.25) is 5.91 Å². The third kappa shape index (κ3) is 2.91. The fraction of sp³-hybridized carbons (Fsp3) is 0.562. The van der Waals surface area contributed by atoms with E-state index in [0.29, 0.717) is 12.8 Å². The van der Waals surface area contributed by atoms with Gasteiger partial charge >= 0.3 is 0 Å². The number of sulfone groups is 1. The van der Waals surface area contributed by atoms with E-state index in [1.54, 1.807) is 16.7 Å². The number of nitrogens with zero attached hydrogens (tertiary/aromatic N) is 1. The minimum Gasteiger partial charge on any atom is -0.315 e. The first-order valence-electron chi connectivity index (χ1n) is 7.49. The first kappa shape index (κ1) is 15.9. The van der Waals surface area contributed by atoms with Gasteiger partial charge in [0.15, 0.2) is 0 Å². The second-order valence-electron chi connectivity index (χ2n) is 6.37. The zero-order valence-electron chi connectivity index (χ0n) is 12.9. The number of anilines is 1. The summed E-state index contributed by atoms with van der Waals surface area (Å²) in [6, 6.07) is 7.94. The summed E-state index contributed by atoms with van der Waals surface area (Å²) >= 11 is 1.65. The quantitative estimate of drug-likeness (QED) is 0.794. The lowest BCUT2D eigenvalue weighted by atomic mass is 9.96. The summed E-state index contributed by atoms with van der Waals surface area (Å²) in [7, 11) is -1.06. The van der Waals surface area contributed by atoms with Crippen molar-refractivity contribution in [1.82, 2.24) is 0 Å². The Labute approximate surface area is 136 Å². The molecule has 22 heavy (non-hydrogen) atoms. The van der Waals surface area contributed by atoms with Gasteiger partial charge in [-0.15, -0.1) is 11.8 Å². The maximum atomic E-state index is 12.7. The molecule has 1 aliphatic heterocycles. The van der Waals surface area contributed by atoms with Crippen LogP contribution in [-0.2, 0) is 14.6 Å². The molecule has 1 aromatic rings. The van der Waals surface area contributed by atoms with Crippen molar-refractivity contribution in [1.29, 1.82) is 0 Å². The molecule has 1 spiro atoms. The lowest BCUT2D eigenvalue weighted by molar-refractivity contribution is -0.120. The van der Waals surface area contributed by atoms with Crippen LogP contribution in [0.4, 0.5) is 5.69 Å². The number of carbonyl (C=O) groups is 1. The molecule has 120 valence electrons. The van der Waals surface area contributed by atoms with Crippen molar-refractivity contribution in [3.63, 3.8) is 0 Å². The zero-order valence-corrected chi connectivity index (χ0v) is 14.5. The van der Waals surface area contributed by atoms with Crippen molar-refractivity contribution in [2.45, 2.75) is 24.2 Å². The number of hydrogen-bond donors (Lipinski definition) is 0. The van der Waals surface area contributed by atoms with Gasteiger partial charge in [-0.3, -0.25) is 4.79 Å². The monoisotopic (exact) mass is 339 g/mol. The molecule has 2 aliphatic rings. The van der Waals surface area contributed by atoms with E-state index in [0.717, 1.165) is 17.0 Å². The highest BCUT2D eigenvalue weighted by atomic mass is 32.2. The standard InChI is InChI=1S/C16H21NO3S2/c1-17(12-4-3-5-13(10-12)21-2)15(18)14-11-16(14)6-8-22(19,20)9-7-16/h3-5,10,14H,6-9,11H2,1-2H3/t14-/m0/s1. The highest BCUT2D eigenvalue weighted by molar-refractivity contribution is 7.98. The van der Waals surface area contributed by atoms with Crippen molar-refractivity contribution in [3.8, 4) is 0 Å². The van der Waals surface area contributed by atoms with Gasteiger partial charge in [-0.05, 0) is 49.1 Å². The molecule has 6 heteroatoms. The highest BCUT2D eigenvalue weighted by Crippen LogP contribution is 2.60. The van der Waals surface area contributed by atoms with E-state index in [-0.39, 0.29) is 28.7 Å². The molecule has 1 aliphatic carbocycles. The molecular weight excluding hydrogens is 318 g/mol. The summed E-state index contributed by atoms with van der Waals surface area (Å²) in [6.07, 6.45) is 4.14. The van der Waals surface area contributed by atoms with Crippen molar-refractivity contribution >= 4 is 33.2 Å². The molecule has 0 N–H and O–H groups in total. The molecule has 3 rings (SSSR count). The molecule has 0 radical (unpaired) electrons. The Morgan fingerprint density at radius 1 is 1.32 bits per heavy atom. The van der Waals surface area contributed by atoms with Crippen LogP contribution >= 0.6 is 11.8 Å². The topological polar surface area (TPSA) is 54.5 Å². The fourth-order valence-electron chi connectivity index (χ4n) is 3.37. The zero-order chi connectivity index (χ0) is 16.0. The molecule has 1 heterocycles. The van der Waals surface area contributed by atoms with E-state index in [1.807, 2.05) is 37.6 Å². The van der Waals surface area contributed by atoms with Gasteiger partial charge in [0.25, 0.3) is 0 Å². The maximum absolute atomic E-state index is 12.7. The van der Waals surface area contributed by atoms with Gasteiger partial charge in [-0.25, -0.2) is 8.42 Å². The maximum Gasteiger partial charge on any atom is 0.230 e. The van der Waals surface area contributed by atoms with Gasteiger partial charge in [-0.1, -0.05) is 6.07 Å². The molecule has 1 atom stereocenters. The molecule has 1 aromatic carbocycles. The van der Waals surface area contributed by atoms with Gasteiger partial charge < -0.3 is 4.90 Å². The molecule has 0 aromatic heterocycles. The average Bonchev–Trinajstić information content (AvgIpc) is 3.24. The van der Waals surface area contributed by atoms with Gasteiger partial charge in [0.1, 0.15) is 9.84 Å². The molecule has 0 unspecified atom stereocenters. The van der Waals surface area contributed by atoms with Crippen molar-refractivity contribution < 1.29 is 13.2 Å². The smallest absolute Gasteiger partial charge is 0.230 e. The van der Waals surface area contributed by atoms with Gasteiger partial charge in [0, 0.05) is 23.5 Å². The Morgan fingerprint density at radius 3 is 2.64 bits per heavy atom. The van der Waals surface area contributed by atoms with Crippen LogP contribution in [0.5, 0.6) is 0 Å². The summed E-state index contributed by atoms with van der Waals surface area (Å²) in [6.45, 7) is 0. The van der Waals surface area contributed by atoms with Crippen molar-refractivity contribution in [3.05, 3.63) is 24.3 Å².